The summed E-state index contributed by atoms with van der Waals surface area (Å²) in [6.07, 6.45) is 1.55. The Labute approximate surface area is 140 Å². The van der Waals surface area contributed by atoms with Crippen LogP contribution in [0, 0.1) is 6.92 Å². The molecule has 5 nitrogen and oxygen atoms in total. The number of benzene rings is 2. The standard InChI is InChI=1S/C19H17N3O2/c1-14-7-5-6-10-17(14)24-18-12-11-16(13-20-18)22-19(23)21-15-8-3-2-4-9-15/h2-13H,1H3,(H2,21,22,23). The minimum atomic E-state index is -0.324. The van der Waals surface area contributed by atoms with Crippen molar-refractivity contribution in [3.05, 3.63) is 78.5 Å². The molecule has 3 rings (SSSR count). The Bertz CT molecular complexity index is 818. The van der Waals surface area contributed by atoms with E-state index in [2.05, 4.69) is 15.6 Å². The van der Waals surface area contributed by atoms with Crippen LogP contribution in [0.1, 0.15) is 5.56 Å². The van der Waals surface area contributed by atoms with Crippen LogP contribution in [0.2, 0.25) is 0 Å². The molecule has 2 amide bonds. The smallest absolute Gasteiger partial charge is 0.323 e. The zero-order chi connectivity index (χ0) is 16.8. The maximum absolute atomic E-state index is 11.9. The molecule has 0 fully saturated rings. The van der Waals surface area contributed by atoms with E-state index < -0.39 is 0 Å². The number of aryl methyl sites for hydroxylation is 1. The van der Waals surface area contributed by atoms with Gasteiger partial charge in [0.05, 0.1) is 11.9 Å². The number of nitrogens with zero attached hydrogens (tertiary/aromatic N) is 1. The van der Waals surface area contributed by atoms with E-state index in [-0.39, 0.29) is 6.03 Å². The average molecular weight is 319 g/mol. The summed E-state index contributed by atoms with van der Waals surface area (Å²) in [6.45, 7) is 1.97. The Balaban J connectivity index is 1.60. The van der Waals surface area contributed by atoms with Crippen LogP contribution in [-0.4, -0.2) is 11.0 Å². The predicted molar refractivity (Wildman–Crippen MR) is 94.6 cm³/mol. The van der Waals surface area contributed by atoms with Gasteiger partial charge in [-0.2, -0.15) is 0 Å². The lowest BCUT2D eigenvalue weighted by Gasteiger charge is -2.09. The van der Waals surface area contributed by atoms with Gasteiger partial charge in [-0.15, -0.1) is 0 Å². The van der Waals surface area contributed by atoms with Crippen LogP contribution in [0.15, 0.2) is 72.9 Å². The lowest BCUT2D eigenvalue weighted by molar-refractivity contribution is 0.262. The number of nitrogens with one attached hydrogen (secondary N) is 2. The number of pyridine rings is 1. The zero-order valence-electron chi connectivity index (χ0n) is 13.2. The van der Waals surface area contributed by atoms with Crippen molar-refractivity contribution in [1.29, 1.82) is 0 Å². The number of carbonyl (C=O) groups excluding carboxylic acids is 1. The summed E-state index contributed by atoms with van der Waals surface area (Å²) in [5, 5.41) is 5.47. The minimum Gasteiger partial charge on any atom is -0.439 e. The third-order valence-corrected chi connectivity index (χ3v) is 3.33. The van der Waals surface area contributed by atoms with Crippen molar-refractivity contribution in [2.75, 3.05) is 10.6 Å². The molecule has 0 aliphatic carbocycles. The Hall–Kier alpha value is -3.34. The van der Waals surface area contributed by atoms with Gasteiger partial charge in [0.1, 0.15) is 5.75 Å². The van der Waals surface area contributed by atoms with Gasteiger partial charge in [0, 0.05) is 11.8 Å². The number of rotatable bonds is 4. The Morgan fingerprint density at radius 2 is 1.58 bits per heavy atom. The van der Waals surface area contributed by atoms with E-state index >= 15 is 0 Å². The maximum Gasteiger partial charge on any atom is 0.323 e. The molecular formula is C19H17N3O2. The molecule has 24 heavy (non-hydrogen) atoms. The number of amides is 2. The van der Waals surface area contributed by atoms with Crippen molar-refractivity contribution in [1.82, 2.24) is 4.98 Å². The van der Waals surface area contributed by atoms with E-state index in [9.17, 15) is 4.79 Å². The van der Waals surface area contributed by atoms with Crippen molar-refractivity contribution in [2.45, 2.75) is 6.92 Å². The van der Waals surface area contributed by atoms with Gasteiger partial charge >= 0.3 is 6.03 Å². The maximum atomic E-state index is 11.9. The van der Waals surface area contributed by atoms with Crippen LogP contribution in [0.4, 0.5) is 16.2 Å². The fourth-order valence-corrected chi connectivity index (χ4v) is 2.11. The number of anilines is 2. The highest BCUT2D eigenvalue weighted by Crippen LogP contribution is 2.23. The molecule has 120 valence electrons. The molecule has 0 radical (unpaired) electrons. The summed E-state index contributed by atoms with van der Waals surface area (Å²) in [6, 6.07) is 20.1. The van der Waals surface area contributed by atoms with E-state index in [1.807, 2.05) is 61.5 Å². The molecule has 1 heterocycles. The van der Waals surface area contributed by atoms with Gasteiger partial charge < -0.3 is 15.4 Å². The van der Waals surface area contributed by atoms with Crippen molar-refractivity contribution in [2.24, 2.45) is 0 Å². The molecule has 1 aromatic heterocycles. The topological polar surface area (TPSA) is 63.2 Å². The largest absolute Gasteiger partial charge is 0.439 e. The number of hydrogen-bond acceptors (Lipinski definition) is 3. The molecule has 2 aromatic carbocycles. The van der Waals surface area contributed by atoms with Crippen molar-refractivity contribution >= 4 is 17.4 Å². The second-order valence-electron chi connectivity index (χ2n) is 5.20. The van der Waals surface area contributed by atoms with E-state index in [1.54, 1.807) is 18.3 Å². The zero-order valence-corrected chi connectivity index (χ0v) is 13.2. The Kier molecular flexibility index (Phi) is 4.72. The van der Waals surface area contributed by atoms with Gasteiger partial charge in [-0.3, -0.25) is 0 Å². The second-order valence-corrected chi connectivity index (χ2v) is 5.20. The summed E-state index contributed by atoms with van der Waals surface area (Å²) in [5.41, 5.74) is 2.34. The first-order chi connectivity index (χ1) is 11.7. The van der Waals surface area contributed by atoms with Gasteiger partial charge in [-0.25, -0.2) is 9.78 Å². The van der Waals surface area contributed by atoms with Gasteiger partial charge in [0.2, 0.25) is 5.88 Å². The van der Waals surface area contributed by atoms with Crippen LogP contribution < -0.4 is 15.4 Å². The van der Waals surface area contributed by atoms with E-state index in [0.717, 1.165) is 17.0 Å². The van der Waals surface area contributed by atoms with Crippen molar-refractivity contribution < 1.29 is 9.53 Å². The SMILES string of the molecule is Cc1ccccc1Oc1ccc(NC(=O)Nc2ccccc2)cn1. The van der Waals surface area contributed by atoms with E-state index in [1.165, 1.54) is 0 Å². The number of urea groups is 1. The lowest BCUT2D eigenvalue weighted by atomic mass is 10.2. The number of carbonyl (C=O) groups is 1. The molecule has 0 aliphatic rings. The first kappa shape index (κ1) is 15.6. The molecule has 0 atom stereocenters. The molecule has 5 heteroatoms. The normalized spacial score (nSPS) is 10.0. The van der Waals surface area contributed by atoms with Crippen LogP contribution in [0.5, 0.6) is 11.6 Å². The Morgan fingerprint density at radius 1 is 0.875 bits per heavy atom. The molecule has 0 spiro atoms. The summed E-state index contributed by atoms with van der Waals surface area (Å²) < 4.78 is 5.73. The highest BCUT2D eigenvalue weighted by atomic mass is 16.5. The average Bonchev–Trinajstić information content (AvgIpc) is 2.59. The molecule has 0 bridgehead atoms. The number of hydrogen-bond donors (Lipinski definition) is 2. The van der Waals surface area contributed by atoms with Gasteiger partial charge in [-0.1, -0.05) is 36.4 Å². The summed E-state index contributed by atoms with van der Waals surface area (Å²) >= 11 is 0. The second kappa shape index (κ2) is 7.28. The van der Waals surface area contributed by atoms with Crippen LogP contribution in [0.3, 0.4) is 0 Å². The first-order valence-electron chi connectivity index (χ1n) is 7.53. The van der Waals surface area contributed by atoms with E-state index in [4.69, 9.17) is 4.74 Å². The third kappa shape index (κ3) is 4.10. The fraction of sp³-hybridized carbons (Fsp3) is 0.0526. The van der Waals surface area contributed by atoms with Gasteiger partial charge in [0.25, 0.3) is 0 Å². The molecule has 2 N–H and O–H groups in total. The predicted octanol–water partition coefficient (Wildman–Crippen LogP) is 4.83. The van der Waals surface area contributed by atoms with Crippen LogP contribution >= 0.6 is 0 Å². The number of para-hydroxylation sites is 2. The summed E-state index contributed by atoms with van der Waals surface area (Å²) in [5.74, 6) is 1.23. The highest BCUT2D eigenvalue weighted by molar-refractivity contribution is 5.99. The van der Waals surface area contributed by atoms with E-state index in [0.29, 0.717) is 11.6 Å². The molecule has 0 saturated heterocycles. The fourth-order valence-electron chi connectivity index (χ4n) is 2.11. The third-order valence-electron chi connectivity index (χ3n) is 3.33. The van der Waals surface area contributed by atoms with Crippen molar-refractivity contribution in [3.63, 3.8) is 0 Å². The summed E-state index contributed by atoms with van der Waals surface area (Å²) in [7, 11) is 0. The molecule has 3 aromatic rings. The number of aromatic nitrogens is 1. The van der Waals surface area contributed by atoms with Crippen LogP contribution in [0.25, 0.3) is 0 Å². The monoisotopic (exact) mass is 319 g/mol. The molecule has 0 saturated carbocycles. The quantitative estimate of drug-likeness (QED) is 0.724. The Morgan fingerprint density at radius 3 is 2.29 bits per heavy atom. The molecule has 0 aliphatic heterocycles. The van der Waals surface area contributed by atoms with Gasteiger partial charge in [0.15, 0.2) is 0 Å². The number of ether oxygens (including phenoxy) is 1. The highest BCUT2D eigenvalue weighted by Gasteiger charge is 2.05. The molecule has 0 unspecified atom stereocenters. The van der Waals surface area contributed by atoms with Crippen LogP contribution in [-0.2, 0) is 0 Å². The minimum absolute atomic E-state index is 0.324. The lowest BCUT2D eigenvalue weighted by Crippen LogP contribution is -2.19. The summed E-state index contributed by atoms with van der Waals surface area (Å²) in [4.78, 5) is 16.1. The van der Waals surface area contributed by atoms with Crippen molar-refractivity contribution in [3.8, 4) is 11.6 Å². The first-order valence-corrected chi connectivity index (χ1v) is 7.53. The molecular weight excluding hydrogens is 302 g/mol. The van der Waals surface area contributed by atoms with Gasteiger partial charge in [-0.05, 0) is 36.8 Å².